The molecule has 0 radical (unpaired) electrons. The quantitative estimate of drug-likeness (QED) is 0.0383. The van der Waals surface area contributed by atoms with Crippen LogP contribution in [0.5, 0.6) is 11.5 Å². The van der Waals surface area contributed by atoms with Gasteiger partial charge >= 0.3 is 12.2 Å². The highest BCUT2D eigenvalue weighted by molar-refractivity contribution is 6.30. The Bertz CT molecular complexity index is 5370. The summed E-state index contributed by atoms with van der Waals surface area (Å²) in [7, 11) is 0. The van der Waals surface area contributed by atoms with E-state index in [0.717, 1.165) is 323 Å². The molecular formula is C94H118Cl2N20O12. The van der Waals surface area contributed by atoms with Crippen LogP contribution in [0.25, 0.3) is 44.1 Å². The number of nitrogens with zero attached hydrogens (tertiary/aromatic N) is 16. The maximum absolute atomic E-state index is 11.9. The molecule has 4 aliphatic carbocycles. The molecule has 0 bridgehead atoms. The first-order valence-corrected chi connectivity index (χ1v) is 46.8. The van der Waals surface area contributed by atoms with E-state index in [2.05, 4.69) is 149 Å². The SMILES string of the molecule is CC(C)OC(=O)NC1CCC(Cc2cc(N3CCOCC3)cc3nccnc23)CC1.CCCOC(=O)NC1CCC(Cc2cc(N3CCOCC3)cc3nccnc23)CC1.Clc1nc(NC2CCC(Oc3cc(N4CCOCC4)cc4nccnc34)CC2)nc2c1COC2.Clc1nc2c(c(NC3CCC(Oc4cc(N5CCOCC5)cc5nccnc45)CC3)n1)COC2. The molecule has 0 unspecified atom stereocenters. The van der Waals surface area contributed by atoms with Crippen LogP contribution in [0.3, 0.4) is 0 Å². The van der Waals surface area contributed by atoms with Crippen molar-refractivity contribution in [2.45, 2.75) is 212 Å². The molecule has 6 aliphatic heterocycles. The minimum absolute atomic E-state index is 0.0885. The monoisotopic (exact) mass is 1790 g/mol. The number of carbonyl (C=O) groups excluding carboxylic acids is 2. The number of fused-ring (bicyclic) bond motifs is 6. The summed E-state index contributed by atoms with van der Waals surface area (Å²) in [6.45, 7) is 21.3. The molecule has 6 aromatic heterocycles. The molecular weight excluding hydrogens is 1670 g/mol. The third kappa shape index (κ3) is 23.6. The molecule has 128 heavy (non-hydrogen) atoms. The second-order valence-electron chi connectivity index (χ2n) is 34.9. The zero-order chi connectivity index (χ0) is 87.5. The molecule has 10 aromatic rings. The van der Waals surface area contributed by atoms with E-state index in [1.54, 1.807) is 49.6 Å². The van der Waals surface area contributed by atoms with Gasteiger partial charge in [-0.3, -0.25) is 29.9 Å². The van der Waals surface area contributed by atoms with Crippen molar-refractivity contribution in [2.24, 2.45) is 11.8 Å². The van der Waals surface area contributed by atoms with E-state index in [-0.39, 0.29) is 53.9 Å². The van der Waals surface area contributed by atoms with Gasteiger partial charge in [0.1, 0.15) is 33.5 Å². The van der Waals surface area contributed by atoms with Gasteiger partial charge in [0.25, 0.3) is 0 Å². The lowest BCUT2D eigenvalue weighted by Gasteiger charge is -2.31. The third-order valence-electron chi connectivity index (χ3n) is 25.6. The fourth-order valence-corrected chi connectivity index (χ4v) is 19.3. The predicted molar refractivity (Wildman–Crippen MR) is 490 cm³/mol. The lowest BCUT2D eigenvalue weighted by atomic mass is 9.82. The van der Waals surface area contributed by atoms with E-state index in [0.29, 0.717) is 62.0 Å². The van der Waals surface area contributed by atoms with E-state index in [4.69, 9.17) is 70.6 Å². The minimum Gasteiger partial charge on any atom is -0.488 e. The van der Waals surface area contributed by atoms with E-state index >= 15 is 0 Å². The van der Waals surface area contributed by atoms with Crippen molar-refractivity contribution >= 4 is 114 Å². The van der Waals surface area contributed by atoms with Crippen LogP contribution in [0.4, 0.5) is 44.1 Å². The van der Waals surface area contributed by atoms with Crippen molar-refractivity contribution in [3.63, 3.8) is 0 Å². The number of alkyl carbamates (subject to hydrolysis) is 2. The highest BCUT2D eigenvalue weighted by atomic mass is 35.5. The van der Waals surface area contributed by atoms with Gasteiger partial charge in [0.15, 0.2) is 0 Å². The Morgan fingerprint density at radius 1 is 0.414 bits per heavy atom. The van der Waals surface area contributed by atoms with Gasteiger partial charge in [-0.15, -0.1) is 0 Å². The van der Waals surface area contributed by atoms with E-state index in [1.165, 1.54) is 22.5 Å². The lowest BCUT2D eigenvalue weighted by Crippen LogP contribution is -2.39. The number of morpholine rings is 4. The van der Waals surface area contributed by atoms with Gasteiger partial charge in [0, 0.05) is 172 Å². The van der Waals surface area contributed by atoms with Crippen molar-refractivity contribution in [1.82, 2.24) is 70.4 Å². The Kier molecular flexibility index (Phi) is 30.7. The van der Waals surface area contributed by atoms with Gasteiger partial charge in [0.2, 0.25) is 11.2 Å². The Morgan fingerprint density at radius 3 is 1.23 bits per heavy atom. The topological polar surface area (TPSA) is 342 Å². The van der Waals surface area contributed by atoms with Crippen LogP contribution in [0.15, 0.2) is 98.1 Å². The van der Waals surface area contributed by atoms with Gasteiger partial charge < -0.3 is 88.2 Å². The predicted octanol–water partition coefficient (Wildman–Crippen LogP) is 14.9. The normalized spacial score (nSPS) is 22.4. The number of aromatic nitrogens is 12. The highest BCUT2D eigenvalue weighted by Crippen LogP contribution is 2.40. The second kappa shape index (κ2) is 43.9. The van der Waals surface area contributed by atoms with Crippen LogP contribution in [0.1, 0.15) is 164 Å². The molecule has 4 aromatic carbocycles. The molecule has 10 aliphatic rings. The summed E-state index contributed by atoms with van der Waals surface area (Å²) >= 11 is 12.4. The molecule has 8 fully saturated rings. The summed E-state index contributed by atoms with van der Waals surface area (Å²) in [6.07, 6.45) is 32.4. The molecule has 0 atom stereocenters. The first kappa shape index (κ1) is 89.7. The van der Waals surface area contributed by atoms with Gasteiger partial charge in [-0.1, -0.05) is 18.5 Å². The van der Waals surface area contributed by atoms with Crippen molar-refractivity contribution in [2.75, 3.05) is 142 Å². The molecule has 0 spiro atoms. The summed E-state index contributed by atoms with van der Waals surface area (Å²) in [4.78, 5) is 87.4. The molecule has 2 amide bonds. The number of hydrogen-bond donors (Lipinski definition) is 4. The standard InChI is InChI=1S/2C24H27ClN6O3.2C23H32N4O3/c25-24-29-20-14-33-13-18(20)23(30-24)28-15-1-3-17(4-2-15)34-21-12-16(31-7-9-32-10-8-31)11-19-22(21)27-6-5-26-19;25-23-18-13-33-14-20(18)29-24(30-23)28-15-1-3-17(4-2-15)34-21-12-16(31-7-9-32-10-8-31)11-19-22(21)27-6-5-26-19;1-16(2)30-23(28)26-19-5-3-17(4-6-19)13-18-14-20(27-9-11-29-12-10-27)15-21-22(18)25-8-7-24-21;1-2-11-30-23(28)26-19-5-3-17(4-6-19)14-18-15-20(27-9-12-29-13-10-27)16-21-22(18)25-8-7-24-21/h2*5-6,11-12,15,17H,1-4,7-10,13-14H2,(H,28,29,30);7-8,14-17,19H,3-6,9-13H2,1-2H3,(H,26,28);7-8,15-17,19H,2-6,9-14H2,1H3,(H,26,28). The summed E-state index contributed by atoms with van der Waals surface area (Å²) in [6, 6.07) is 18.3. The second-order valence-corrected chi connectivity index (χ2v) is 35.6. The molecule has 20 rings (SSSR count). The number of amides is 2. The van der Waals surface area contributed by atoms with Crippen molar-refractivity contribution in [3.8, 4) is 11.5 Å². The van der Waals surface area contributed by atoms with Gasteiger partial charge in [-0.2, -0.15) is 0 Å². The maximum Gasteiger partial charge on any atom is 0.407 e. The molecule has 680 valence electrons. The largest absolute Gasteiger partial charge is 0.488 e. The van der Waals surface area contributed by atoms with Crippen molar-refractivity contribution < 1.29 is 57.0 Å². The van der Waals surface area contributed by atoms with Crippen LogP contribution in [0, 0.1) is 11.8 Å². The zero-order valence-electron chi connectivity index (χ0n) is 73.5. The van der Waals surface area contributed by atoms with Crippen LogP contribution < -0.4 is 50.3 Å². The maximum atomic E-state index is 11.9. The van der Waals surface area contributed by atoms with E-state index in [1.807, 2.05) is 20.8 Å². The zero-order valence-corrected chi connectivity index (χ0v) is 75.0. The first-order chi connectivity index (χ1) is 62.8. The summed E-state index contributed by atoms with van der Waals surface area (Å²) in [5, 5.41) is 13.8. The molecule has 4 saturated carbocycles. The number of benzene rings is 4. The summed E-state index contributed by atoms with van der Waals surface area (Å²) in [5.74, 6) is 4.18. The Labute approximate surface area is 756 Å². The number of carbonyl (C=O) groups is 2. The summed E-state index contributed by atoms with van der Waals surface area (Å²) in [5.41, 5.74) is 18.2. The molecule has 32 nitrogen and oxygen atoms in total. The number of hydrogen-bond acceptors (Lipinski definition) is 30. The van der Waals surface area contributed by atoms with Crippen molar-refractivity contribution in [3.05, 3.63) is 142 Å². The Morgan fingerprint density at radius 2 is 0.797 bits per heavy atom. The van der Waals surface area contributed by atoms with Crippen molar-refractivity contribution in [1.29, 1.82) is 0 Å². The van der Waals surface area contributed by atoms with Crippen LogP contribution in [0.2, 0.25) is 10.4 Å². The van der Waals surface area contributed by atoms with Gasteiger partial charge in [-0.05, 0) is 207 Å². The summed E-state index contributed by atoms with van der Waals surface area (Å²) < 4.78 is 56.4. The van der Waals surface area contributed by atoms with Crippen LogP contribution >= 0.6 is 23.2 Å². The number of ether oxygens (including phenoxy) is 10. The molecule has 12 heterocycles. The van der Waals surface area contributed by atoms with Crippen LogP contribution in [-0.4, -0.2) is 226 Å². The average Bonchev–Trinajstić information content (AvgIpc) is 1.29. The molecule has 4 N–H and O–H groups in total. The molecule has 4 saturated heterocycles. The average molecular weight is 1790 g/mol. The lowest BCUT2D eigenvalue weighted by molar-refractivity contribution is 0.108. The van der Waals surface area contributed by atoms with Crippen LogP contribution in [-0.2, 0) is 77.2 Å². The number of anilines is 6. The number of nitrogens with one attached hydrogen (secondary N) is 4. The Balaban J connectivity index is 0.000000120. The van der Waals surface area contributed by atoms with Gasteiger partial charge in [0.05, 0.1) is 149 Å². The fourth-order valence-electron chi connectivity index (χ4n) is 18.9. The fraction of sp³-hybridized carbons (Fsp3) is 0.553. The number of rotatable bonds is 21. The highest BCUT2D eigenvalue weighted by Gasteiger charge is 2.33. The van der Waals surface area contributed by atoms with E-state index < -0.39 is 0 Å². The smallest absolute Gasteiger partial charge is 0.407 e. The Hall–Kier alpha value is -10.3. The molecule has 34 heteroatoms. The first-order valence-electron chi connectivity index (χ1n) is 46.1. The minimum atomic E-state index is -0.298. The third-order valence-corrected chi connectivity index (χ3v) is 26.1. The van der Waals surface area contributed by atoms with Gasteiger partial charge in [-0.25, -0.2) is 39.5 Å². The van der Waals surface area contributed by atoms with E-state index in [9.17, 15) is 9.59 Å². The number of halogens is 2.